The van der Waals surface area contributed by atoms with E-state index in [1.807, 2.05) is 11.8 Å². The van der Waals surface area contributed by atoms with Crippen LogP contribution in [0.2, 0.25) is 0 Å². The van der Waals surface area contributed by atoms with E-state index in [0.717, 1.165) is 42.1 Å². The first kappa shape index (κ1) is 12.5. The van der Waals surface area contributed by atoms with E-state index in [0.29, 0.717) is 6.04 Å². The SMILES string of the molecule is Cc1ncc(C(=O)N2CCCC2CCCO)s1. The van der Waals surface area contributed by atoms with E-state index >= 15 is 0 Å². The average molecular weight is 254 g/mol. The van der Waals surface area contributed by atoms with Crippen molar-refractivity contribution >= 4 is 17.2 Å². The summed E-state index contributed by atoms with van der Waals surface area (Å²) in [6, 6.07) is 0.303. The van der Waals surface area contributed by atoms with Gasteiger partial charge in [0.1, 0.15) is 4.88 Å². The number of aliphatic hydroxyl groups excluding tert-OH is 1. The van der Waals surface area contributed by atoms with Crippen LogP contribution >= 0.6 is 11.3 Å². The van der Waals surface area contributed by atoms with Crippen molar-refractivity contribution in [3.05, 3.63) is 16.1 Å². The molecule has 0 bridgehead atoms. The van der Waals surface area contributed by atoms with Crippen molar-refractivity contribution in [3.8, 4) is 0 Å². The Morgan fingerprint density at radius 1 is 1.71 bits per heavy atom. The van der Waals surface area contributed by atoms with E-state index in [-0.39, 0.29) is 12.5 Å². The third kappa shape index (κ3) is 2.84. The molecule has 0 aliphatic carbocycles. The maximum atomic E-state index is 12.3. The molecule has 1 aliphatic rings. The molecule has 0 saturated carbocycles. The Labute approximate surface area is 105 Å². The van der Waals surface area contributed by atoms with Gasteiger partial charge in [-0.25, -0.2) is 4.98 Å². The summed E-state index contributed by atoms with van der Waals surface area (Å²) in [6.45, 7) is 2.96. The lowest BCUT2D eigenvalue weighted by Crippen LogP contribution is -2.35. The molecule has 1 saturated heterocycles. The van der Waals surface area contributed by atoms with Gasteiger partial charge in [0.2, 0.25) is 0 Å². The summed E-state index contributed by atoms with van der Waals surface area (Å²) in [5, 5.41) is 9.79. The minimum absolute atomic E-state index is 0.107. The number of carbonyl (C=O) groups is 1. The molecule has 0 spiro atoms. The molecule has 2 rings (SSSR count). The van der Waals surface area contributed by atoms with Gasteiger partial charge in [-0.1, -0.05) is 0 Å². The van der Waals surface area contributed by atoms with E-state index < -0.39 is 0 Å². The maximum Gasteiger partial charge on any atom is 0.265 e. The number of hydrogen-bond donors (Lipinski definition) is 1. The lowest BCUT2D eigenvalue weighted by Gasteiger charge is -2.23. The topological polar surface area (TPSA) is 53.4 Å². The van der Waals surface area contributed by atoms with Crippen LogP contribution in [-0.4, -0.2) is 40.1 Å². The summed E-state index contributed by atoms with van der Waals surface area (Å²) < 4.78 is 0. The normalized spacial score (nSPS) is 19.9. The molecule has 1 aromatic rings. The number of rotatable bonds is 4. The molecule has 2 heterocycles. The highest BCUT2D eigenvalue weighted by Gasteiger charge is 2.29. The van der Waals surface area contributed by atoms with Gasteiger partial charge in [0.25, 0.3) is 5.91 Å². The molecule has 5 heteroatoms. The second-order valence-electron chi connectivity index (χ2n) is 4.40. The largest absolute Gasteiger partial charge is 0.396 e. The molecule has 1 aliphatic heterocycles. The summed E-state index contributed by atoms with van der Waals surface area (Å²) in [7, 11) is 0. The van der Waals surface area contributed by atoms with Crippen molar-refractivity contribution in [1.29, 1.82) is 0 Å². The molecule has 0 radical (unpaired) electrons. The van der Waals surface area contributed by atoms with E-state index in [9.17, 15) is 4.79 Å². The highest BCUT2D eigenvalue weighted by molar-refractivity contribution is 7.13. The monoisotopic (exact) mass is 254 g/mol. The summed E-state index contributed by atoms with van der Waals surface area (Å²) in [5.41, 5.74) is 0. The minimum Gasteiger partial charge on any atom is -0.396 e. The maximum absolute atomic E-state index is 12.3. The fourth-order valence-corrected chi connectivity index (χ4v) is 3.07. The number of amides is 1. The highest BCUT2D eigenvalue weighted by Crippen LogP contribution is 2.25. The zero-order valence-electron chi connectivity index (χ0n) is 10.1. The third-order valence-electron chi connectivity index (χ3n) is 3.17. The Kier molecular flexibility index (Phi) is 4.12. The standard InChI is InChI=1S/C12H18N2O2S/c1-9-13-8-11(17-9)12(16)14-6-2-4-10(14)5-3-7-15/h8,10,15H,2-7H2,1H3. The smallest absolute Gasteiger partial charge is 0.265 e. The van der Waals surface area contributed by atoms with E-state index in [4.69, 9.17) is 5.11 Å². The Bertz CT molecular complexity index is 392. The number of aliphatic hydroxyl groups is 1. The quantitative estimate of drug-likeness (QED) is 0.892. The van der Waals surface area contributed by atoms with Crippen molar-refractivity contribution in [1.82, 2.24) is 9.88 Å². The van der Waals surface area contributed by atoms with Crippen molar-refractivity contribution in [2.45, 2.75) is 38.6 Å². The number of thiazole rings is 1. The predicted molar refractivity (Wildman–Crippen MR) is 67.2 cm³/mol. The molecule has 4 nitrogen and oxygen atoms in total. The van der Waals surface area contributed by atoms with Crippen molar-refractivity contribution in [2.75, 3.05) is 13.2 Å². The third-order valence-corrected chi connectivity index (χ3v) is 4.07. The molecule has 17 heavy (non-hydrogen) atoms. The van der Waals surface area contributed by atoms with Gasteiger partial charge in [-0.2, -0.15) is 0 Å². The van der Waals surface area contributed by atoms with Crippen molar-refractivity contribution in [2.24, 2.45) is 0 Å². The predicted octanol–water partition coefficient (Wildman–Crippen LogP) is 1.83. The molecule has 1 unspecified atom stereocenters. The average Bonchev–Trinajstić information content (AvgIpc) is 2.94. The molecule has 1 fully saturated rings. The molecule has 0 aromatic carbocycles. The fraction of sp³-hybridized carbons (Fsp3) is 0.667. The van der Waals surface area contributed by atoms with Crippen molar-refractivity contribution < 1.29 is 9.90 Å². The van der Waals surface area contributed by atoms with Crippen LogP contribution < -0.4 is 0 Å². The van der Waals surface area contributed by atoms with Gasteiger partial charge in [0.15, 0.2) is 0 Å². The number of likely N-dealkylation sites (tertiary alicyclic amines) is 1. The van der Waals surface area contributed by atoms with Crippen LogP contribution in [0.5, 0.6) is 0 Å². The Balaban J connectivity index is 2.03. The minimum atomic E-state index is 0.107. The molecule has 1 atom stereocenters. The Morgan fingerprint density at radius 2 is 2.53 bits per heavy atom. The van der Waals surface area contributed by atoms with Crippen LogP contribution in [0.4, 0.5) is 0 Å². The van der Waals surface area contributed by atoms with Crippen LogP contribution in [0, 0.1) is 6.92 Å². The van der Waals surface area contributed by atoms with E-state index in [1.54, 1.807) is 6.20 Å². The first-order chi connectivity index (χ1) is 8.22. The van der Waals surface area contributed by atoms with Gasteiger partial charge in [0, 0.05) is 19.2 Å². The number of aromatic nitrogens is 1. The lowest BCUT2D eigenvalue weighted by atomic mass is 10.1. The van der Waals surface area contributed by atoms with Crippen LogP contribution in [0.25, 0.3) is 0 Å². The molecular formula is C12H18N2O2S. The second-order valence-corrected chi connectivity index (χ2v) is 5.64. The lowest BCUT2D eigenvalue weighted by molar-refractivity contribution is 0.0729. The summed E-state index contributed by atoms with van der Waals surface area (Å²) >= 11 is 1.46. The Morgan fingerprint density at radius 3 is 3.18 bits per heavy atom. The first-order valence-electron chi connectivity index (χ1n) is 6.06. The number of aryl methyl sites for hydroxylation is 1. The number of carbonyl (C=O) groups excluding carboxylic acids is 1. The molecule has 1 aromatic heterocycles. The van der Waals surface area contributed by atoms with Gasteiger partial charge < -0.3 is 10.0 Å². The molecule has 94 valence electrons. The van der Waals surface area contributed by atoms with Gasteiger partial charge in [-0.15, -0.1) is 11.3 Å². The van der Waals surface area contributed by atoms with Crippen LogP contribution in [0.15, 0.2) is 6.20 Å². The molecular weight excluding hydrogens is 236 g/mol. The molecule has 1 N–H and O–H groups in total. The Hall–Kier alpha value is -0.940. The zero-order chi connectivity index (χ0) is 12.3. The zero-order valence-corrected chi connectivity index (χ0v) is 10.9. The molecule has 1 amide bonds. The van der Waals surface area contributed by atoms with E-state index in [2.05, 4.69) is 4.98 Å². The number of nitrogens with zero attached hydrogens (tertiary/aromatic N) is 2. The van der Waals surface area contributed by atoms with E-state index in [1.165, 1.54) is 11.3 Å². The second kappa shape index (κ2) is 5.60. The summed E-state index contributed by atoms with van der Waals surface area (Å²) in [6.07, 6.45) is 5.48. The fourth-order valence-electron chi connectivity index (χ4n) is 2.33. The number of hydrogen-bond acceptors (Lipinski definition) is 4. The van der Waals surface area contributed by atoms with Gasteiger partial charge >= 0.3 is 0 Å². The highest BCUT2D eigenvalue weighted by atomic mass is 32.1. The van der Waals surface area contributed by atoms with Crippen LogP contribution in [-0.2, 0) is 0 Å². The summed E-state index contributed by atoms with van der Waals surface area (Å²) in [4.78, 5) is 19.1. The first-order valence-corrected chi connectivity index (χ1v) is 6.88. The van der Waals surface area contributed by atoms with Crippen molar-refractivity contribution in [3.63, 3.8) is 0 Å². The van der Waals surface area contributed by atoms with Gasteiger partial charge in [0.05, 0.1) is 11.2 Å². The summed E-state index contributed by atoms with van der Waals surface area (Å²) in [5.74, 6) is 0.107. The van der Waals surface area contributed by atoms with Crippen LogP contribution in [0.3, 0.4) is 0 Å². The van der Waals surface area contributed by atoms with Gasteiger partial charge in [-0.3, -0.25) is 4.79 Å². The van der Waals surface area contributed by atoms with Crippen LogP contribution in [0.1, 0.15) is 40.4 Å². The van der Waals surface area contributed by atoms with Gasteiger partial charge in [-0.05, 0) is 32.6 Å².